The predicted molar refractivity (Wildman–Crippen MR) is 79.6 cm³/mol. The smallest absolute Gasteiger partial charge is 0.0470 e. The molecular formula is C15H23N3S. The fourth-order valence-corrected chi connectivity index (χ4v) is 4.45. The largest absolute Gasteiger partial charge is 0.314 e. The monoisotopic (exact) mass is 277 g/mol. The Morgan fingerprint density at radius 2 is 1.95 bits per heavy atom. The molecule has 104 valence electrons. The van der Waals surface area contributed by atoms with Crippen molar-refractivity contribution in [1.29, 1.82) is 0 Å². The van der Waals surface area contributed by atoms with Gasteiger partial charge in [-0.3, -0.25) is 9.80 Å². The van der Waals surface area contributed by atoms with Crippen LogP contribution in [0.15, 0.2) is 17.5 Å². The van der Waals surface area contributed by atoms with Gasteiger partial charge in [-0.15, -0.1) is 11.3 Å². The molecule has 1 saturated carbocycles. The van der Waals surface area contributed by atoms with Crippen LogP contribution in [0.2, 0.25) is 0 Å². The molecule has 0 radical (unpaired) electrons. The highest BCUT2D eigenvalue weighted by molar-refractivity contribution is 7.10. The Balaban J connectivity index is 1.41. The number of thiophene rings is 1. The van der Waals surface area contributed by atoms with Crippen molar-refractivity contribution in [2.24, 2.45) is 5.92 Å². The van der Waals surface area contributed by atoms with Crippen LogP contribution in [-0.4, -0.2) is 55.1 Å². The molecule has 1 aromatic rings. The maximum atomic E-state index is 3.39. The fraction of sp³-hybridized carbons (Fsp3) is 0.733. The lowest BCUT2D eigenvalue weighted by molar-refractivity contribution is 0.0466. The molecule has 19 heavy (non-hydrogen) atoms. The summed E-state index contributed by atoms with van der Waals surface area (Å²) in [5.41, 5.74) is 0. The van der Waals surface area contributed by atoms with Crippen molar-refractivity contribution in [2.45, 2.75) is 24.9 Å². The molecule has 4 rings (SSSR count). The lowest BCUT2D eigenvalue weighted by Crippen LogP contribution is -2.61. The van der Waals surface area contributed by atoms with E-state index in [1.165, 1.54) is 52.1 Å². The minimum Gasteiger partial charge on any atom is -0.314 e. The lowest BCUT2D eigenvalue weighted by atomic mass is 10.1. The van der Waals surface area contributed by atoms with E-state index in [0.717, 1.165) is 18.0 Å². The highest BCUT2D eigenvalue weighted by Gasteiger charge is 2.38. The second-order valence-electron chi connectivity index (χ2n) is 6.18. The molecule has 3 heterocycles. The molecule has 0 spiro atoms. The summed E-state index contributed by atoms with van der Waals surface area (Å²) in [5.74, 6) is 0.940. The molecule has 0 bridgehead atoms. The third kappa shape index (κ3) is 2.47. The standard InChI is InChI=1S/C15H23N3S/c1-2-14(19-9-1)15(12-3-4-12)18-7-5-17(6-8-18)13-10-16-11-13/h1-2,9,12-13,15-16H,3-8,10-11H2. The van der Waals surface area contributed by atoms with Crippen LogP contribution in [0.4, 0.5) is 0 Å². The Morgan fingerprint density at radius 1 is 1.16 bits per heavy atom. The number of hydrogen-bond donors (Lipinski definition) is 1. The quantitative estimate of drug-likeness (QED) is 0.905. The molecule has 3 nitrogen and oxygen atoms in total. The molecule has 2 aliphatic heterocycles. The predicted octanol–water partition coefficient (Wildman–Crippen LogP) is 1.79. The van der Waals surface area contributed by atoms with E-state index >= 15 is 0 Å². The minimum atomic E-state index is 0.724. The van der Waals surface area contributed by atoms with Crippen molar-refractivity contribution in [3.63, 3.8) is 0 Å². The van der Waals surface area contributed by atoms with Gasteiger partial charge in [0.1, 0.15) is 0 Å². The van der Waals surface area contributed by atoms with Crippen molar-refractivity contribution >= 4 is 11.3 Å². The number of nitrogens with one attached hydrogen (secondary N) is 1. The van der Waals surface area contributed by atoms with Crippen molar-refractivity contribution in [3.05, 3.63) is 22.4 Å². The molecule has 1 aromatic heterocycles. The molecule has 4 heteroatoms. The Kier molecular flexibility index (Phi) is 3.35. The minimum absolute atomic E-state index is 0.724. The summed E-state index contributed by atoms with van der Waals surface area (Å²) in [6.45, 7) is 7.46. The van der Waals surface area contributed by atoms with Crippen molar-refractivity contribution in [1.82, 2.24) is 15.1 Å². The summed E-state index contributed by atoms with van der Waals surface area (Å²) in [6, 6.07) is 6.10. The van der Waals surface area contributed by atoms with Crippen molar-refractivity contribution in [3.8, 4) is 0 Å². The van der Waals surface area contributed by atoms with Crippen LogP contribution in [0.5, 0.6) is 0 Å². The topological polar surface area (TPSA) is 18.5 Å². The van der Waals surface area contributed by atoms with E-state index < -0.39 is 0 Å². The van der Waals surface area contributed by atoms with E-state index in [9.17, 15) is 0 Å². The van der Waals surface area contributed by atoms with E-state index in [4.69, 9.17) is 0 Å². The first-order chi connectivity index (χ1) is 9.42. The Morgan fingerprint density at radius 3 is 2.47 bits per heavy atom. The number of nitrogens with zero attached hydrogens (tertiary/aromatic N) is 2. The van der Waals surface area contributed by atoms with Crippen LogP contribution < -0.4 is 5.32 Å². The zero-order chi connectivity index (χ0) is 12.7. The van der Waals surface area contributed by atoms with Crippen LogP contribution in [0.25, 0.3) is 0 Å². The van der Waals surface area contributed by atoms with Gasteiger partial charge in [-0.25, -0.2) is 0 Å². The van der Waals surface area contributed by atoms with Gasteiger partial charge in [0, 0.05) is 56.2 Å². The molecular weight excluding hydrogens is 254 g/mol. The van der Waals surface area contributed by atoms with Crippen molar-refractivity contribution in [2.75, 3.05) is 39.3 Å². The zero-order valence-electron chi connectivity index (χ0n) is 11.4. The molecule has 0 amide bonds. The normalized spacial score (nSPS) is 28.2. The third-order valence-electron chi connectivity index (χ3n) is 4.92. The zero-order valence-corrected chi connectivity index (χ0v) is 12.2. The molecule has 1 aliphatic carbocycles. The van der Waals surface area contributed by atoms with Crippen LogP contribution in [-0.2, 0) is 0 Å². The number of hydrogen-bond acceptors (Lipinski definition) is 4. The first-order valence-corrected chi connectivity index (χ1v) is 8.52. The van der Waals surface area contributed by atoms with Gasteiger partial charge in [-0.1, -0.05) is 6.07 Å². The average Bonchev–Trinajstić information content (AvgIpc) is 3.05. The van der Waals surface area contributed by atoms with E-state index in [-0.39, 0.29) is 0 Å². The molecule has 1 N–H and O–H groups in total. The summed E-state index contributed by atoms with van der Waals surface area (Å²) in [5, 5.41) is 5.63. The van der Waals surface area contributed by atoms with Gasteiger partial charge < -0.3 is 5.32 Å². The first-order valence-electron chi connectivity index (χ1n) is 7.64. The van der Waals surface area contributed by atoms with Crippen LogP contribution in [0.3, 0.4) is 0 Å². The van der Waals surface area contributed by atoms with E-state index in [1.54, 1.807) is 4.88 Å². The van der Waals surface area contributed by atoms with Gasteiger partial charge in [-0.05, 0) is 30.2 Å². The Hall–Kier alpha value is -0.420. The van der Waals surface area contributed by atoms with Gasteiger partial charge in [-0.2, -0.15) is 0 Å². The summed E-state index contributed by atoms with van der Waals surface area (Å²) in [7, 11) is 0. The van der Waals surface area contributed by atoms with Crippen LogP contribution in [0, 0.1) is 5.92 Å². The van der Waals surface area contributed by atoms with Gasteiger partial charge in [0.15, 0.2) is 0 Å². The molecule has 2 saturated heterocycles. The van der Waals surface area contributed by atoms with Crippen LogP contribution in [0.1, 0.15) is 23.8 Å². The third-order valence-corrected chi connectivity index (χ3v) is 5.86. The van der Waals surface area contributed by atoms with E-state index in [0.29, 0.717) is 0 Å². The van der Waals surface area contributed by atoms with Gasteiger partial charge in [0.2, 0.25) is 0 Å². The highest BCUT2D eigenvalue weighted by atomic mass is 32.1. The van der Waals surface area contributed by atoms with E-state index in [2.05, 4.69) is 32.6 Å². The second kappa shape index (κ2) is 5.17. The molecule has 1 unspecified atom stereocenters. The van der Waals surface area contributed by atoms with E-state index in [1.807, 2.05) is 11.3 Å². The number of rotatable bonds is 4. The summed E-state index contributed by atoms with van der Waals surface area (Å²) in [6.07, 6.45) is 2.88. The number of piperazine rings is 1. The van der Waals surface area contributed by atoms with Crippen LogP contribution >= 0.6 is 11.3 Å². The molecule has 3 fully saturated rings. The fourth-order valence-electron chi connectivity index (χ4n) is 3.49. The average molecular weight is 277 g/mol. The van der Waals surface area contributed by atoms with Crippen molar-refractivity contribution < 1.29 is 0 Å². The summed E-state index contributed by atoms with van der Waals surface area (Å²) < 4.78 is 0. The highest BCUT2D eigenvalue weighted by Crippen LogP contribution is 2.46. The summed E-state index contributed by atoms with van der Waals surface area (Å²) >= 11 is 1.95. The molecule has 0 aromatic carbocycles. The summed E-state index contributed by atoms with van der Waals surface area (Å²) in [4.78, 5) is 7.04. The maximum Gasteiger partial charge on any atom is 0.0470 e. The maximum absolute atomic E-state index is 3.39. The molecule has 1 atom stereocenters. The lowest BCUT2D eigenvalue weighted by Gasteiger charge is -2.45. The first kappa shape index (κ1) is 12.3. The SMILES string of the molecule is c1csc(C(C2CC2)N2CCN(C3CNC3)CC2)c1. The van der Waals surface area contributed by atoms with Gasteiger partial charge >= 0.3 is 0 Å². The van der Waals surface area contributed by atoms with Gasteiger partial charge in [0.05, 0.1) is 0 Å². The molecule has 3 aliphatic rings. The Bertz CT molecular complexity index is 403. The second-order valence-corrected chi connectivity index (χ2v) is 7.16. The Labute approximate surface area is 119 Å². The van der Waals surface area contributed by atoms with Gasteiger partial charge in [0.25, 0.3) is 0 Å².